The molecule has 354 valence electrons. The summed E-state index contributed by atoms with van der Waals surface area (Å²) in [5.41, 5.74) is 14.7. The molecular weight excluding hydrogens is 801 g/mol. The Balaban J connectivity index is 1.32. The second kappa shape index (κ2) is 21.1. The predicted octanol–water partition coefficient (Wildman–Crippen LogP) is 12.7. The van der Waals surface area contributed by atoms with Gasteiger partial charge in [-0.05, 0) is 145 Å². The van der Waals surface area contributed by atoms with Gasteiger partial charge >= 0.3 is 0 Å². The molecule has 65 heavy (non-hydrogen) atoms. The van der Waals surface area contributed by atoms with Crippen molar-refractivity contribution in [2.24, 2.45) is 0 Å². The SMILES string of the molecule is CCC(CC)(C/C=C/C=C/C=C1/N(CCCCCC(=O)N2CCC(O)CC2)c2cc3c(cc2C1(CC)CC)-c1cc(C(C)(C)C)ccc1C3(C)C)c1cc(N(C)C)ccc1NCCCO. The predicted molar refractivity (Wildman–Crippen MR) is 277 cm³/mol. The number of hydrogen-bond acceptors (Lipinski definition) is 6. The Labute approximate surface area is 394 Å². The van der Waals surface area contributed by atoms with Gasteiger partial charge in [0, 0.05) is 92.3 Å². The van der Waals surface area contributed by atoms with Gasteiger partial charge in [0.1, 0.15) is 0 Å². The number of unbranched alkanes of at least 4 members (excludes halogenated alkanes) is 2. The molecule has 3 aromatic rings. The first kappa shape index (κ1) is 50.1. The highest BCUT2D eigenvalue weighted by Crippen LogP contribution is 2.58. The molecule has 0 unspecified atom stereocenters. The monoisotopic (exact) mass is 885 g/mol. The van der Waals surface area contributed by atoms with Gasteiger partial charge in [0.25, 0.3) is 0 Å². The van der Waals surface area contributed by atoms with E-state index in [0.717, 1.165) is 70.9 Å². The smallest absolute Gasteiger partial charge is 0.222 e. The maximum Gasteiger partial charge on any atom is 0.222 e. The van der Waals surface area contributed by atoms with E-state index in [0.29, 0.717) is 32.4 Å². The number of nitrogens with zero attached hydrogens (tertiary/aromatic N) is 3. The lowest BCUT2D eigenvalue weighted by Crippen LogP contribution is -2.39. The molecule has 2 heterocycles. The van der Waals surface area contributed by atoms with Crippen LogP contribution in [0.5, 0.6) is 0 Å². The summed E-state index contributed by atoms with van der Waals surface area (Å²) in [5.74, 6) is 0.234. The largest absolute Gasteiger partial charge is 0.396 e. The number of carbonyl (C=O) groups is 1. The summed E-state index contributed by atoms with van der Waals surface area (Å²) in [6, 6.07) is 19.1. The fourth-order valence-electron chi connectivity index (χ4n) is 11.2. The van der Waals surface area contributed by atoms with E-state index in [2.05, 4.69) is 170 Å². The van der Waals surface area contributed by atoms with Crippen molar-refractivity contribution < 1.29 is 15.0 Å². The molecule has 0 saturated carbocycles. The van der Waals surface area contributed by atoms with E-state index < -0.39 is 0 Å². The van der Waals surface area contributed by atoms with Gasteiger partial charge in [-0.25, -0.2) is 0 Å². The minimum atomic E-state index is -0.270. The standard InChI is InChI=1S/C58H84N4O3/c1-12-57(13-2,49-39-43(60(10)11)27-29-51(49)59-33-23-37-63)32-21-17-16-19-24-53-58(14-3,15-4)50-40-46-45-38-42(55(5,6)7)26-28-47(45)56(8,9)48(46)41-52(50)62(53)34-22-18-20-25-54(65)61-35-30-44(64)31-36-61/h16-17,19,21,24,26-29,38-41,44,59,63-64H,12-15,18,20,22-23,25,30-37H2,1-11H3/b19-16+,21-17+,53-24+. The maximum atomic E-state index is 13.1. The number of rotatable bonds is 20. The summed E-state index contributed by atoms with van der Waals surface area (Å²) in [4.78, 5) is 19.9. The normalized spacial score (nSPS) is 17.6. The molecule has 0 radical (unpaired) electrons. The highest BCUT2D eigenvalue weighted by molar-refractivity contribution is 5.87. The Hall–Kier alpha value is -4.33. The van der Waals surface area contributed by atoms with Crippen LogP contribution in [0.15, 0.2) is 84.6 Å². The third-order valence-electron chi connectivity index (χ3n) is 15.8. The molecule has 3 N–H and O–H groups in total. The number of piperidine rings is 1. The van der Waals surface area contributed by atoms with Gasteiger partial charge in [0.15, 0.2) is 0 Å². The Bertz CT molecular complexity index is 2190. The van der Waals surface area contributed by atoms with Crippen LogP contribution in [0.4, 0.5) is 17.1 Å². The number of carbonyl (C=O) groups excluding carboxylic acids is 1. The van der Waals surface area contributed by atoms with Gasteiger partial charge in [-0.2, -0.15) is 0 Å². The van der Waals surface area contributed by atoms with E-state index in [-0.39, 0.29) is 40.3 Å². The number of allylic oxidation sites excluding steroid dienone is 6. The number of benzene rings is 3. The van der Waals surface area contributed by atoms with E-state index in [4.69, 9.17) is 0 Å². The molecule has 2 aliphatic heterocycles. The second-order valence-corrected chi connectivity index (χ2v) is 21.1. The molecule has 1 fully saturated rings. The molecule has 0 aromatic heterocycles. The van der Waals surface area contributed by atoms with Crippen LogP contribution in [0, 0.1) is 0 Å². The van der Waals surface area contributed by atoms with Crippen LogP contribution in [-0.4, -0.2) is 74.0 Å². The van der Waals surface area contributed by atoms with E-state index in [1.165, 1.54) is 61.7 Å². The van der Waals surface area contributed by atoms with Crippen molar-refractivity contribution in [2.45, 2.75) is 167 Å². The fraction of sp³-hybridized carbons (Fsp3) is 0.569. The number of aliphatic hydroxyl groups is 2. The van der Waals surface area contributed by atoms with Crippen molar-refractivity contribution in [3.05, 3.63) is 112 Å². The third kappa shape index (κ3) is 10.3. The summed E-state index contributed by atoms with van der Waals surface area (Å²) in [6.45, 7) is 24.3. The molecule has 6 rings (SSSR count). The van der Waals surface area contributed by atoms with Crippen LogP contribution < -0.4 is 15.1 Å². The molecule has 3 aromatic carbocycles. The van der Waals surface area contributed by atoms with Crippen LogP contribution in [-0.2, 0) is 26.5 Å². The highest BCUT2D eigenvalue weighted by Gasteiger charge is 2.47. The lowest BCUT2D eigenvalue weighted by molar-refractivity contribution is -0.133. The average Bonchev–Trinajstić information content (AvgIpc) is 3.68. The van der Waals surface area contributed by atoms with Gasteiger partial charge in [0.2, 0.25) is 5.91 Å². The number of anilines is 3. The molecule has 0 atom stereocenters. The minimum Gasteiger partial charge on any atom is -0.396 e. The summed E-state index contributed by atoms with van der Waals surface area (Å²) in [6.07, 6.45) is 21.8. The van der Waals surface area contributed by atoms with Crippen molar-refractivity contribution in [1.82, 2.24) is 4.90 Å². The molecule has 0 spiro atoms. The first-order valence-corrected chi connectivity index (χ1v) is 25.3. The quantitative estimate of drug-likeness (QED) is 0.0775. The van der Waals surface area contributed by atoms with Crippen molar-refractivity contribution >= 4 is 23.0 Å². The summed E-state index contributed by atoms with van der Waals surface area (Å²) >= 11 is 0. The number of likely N-dealkylation sites (tertiary alicyclic amines) is 1. The van der Waals surface area contributed by atoms with Crippen molar-refractivity contribution in [2.75, 3.05) is 62.0 Å². The number of aliphatic hydroxyl groups excluding tert-OH is 2. The summed E-state index contributed by atoms with van der Waals surface area (Å²) in [5, 5.41) is 23.1. The second-order valence-electron chi connectivity index (χ2n) is 21.1. The zero-order chi connectivity index (χ0) is 47.2. The van der Waals surface area contributed by atoms with Gasteiger partial charge in [-0.3, -0.25) is 4.79 Å². The van der Waals surface area contributed by atoms with Crippen molar-refractivity contribution in [3.8, 4) is 11.1 Å². The third-order valence-corrected chi connectivity index (χ3v) is 15.8. The fourth-order valence-corrected chi connectivity index (χ4v) is 11.2. The van der Waals surface area contributed by atoms with Crippen molar-refractivity contribution in [1.29, 1.82) is 0 Å². The molecule has 7 heteroatoms. The van der Waals surface area contributed by atoms with Gasteiger partial charge < -0.3 is 30.2 Å². The molecule has 1 amide bonds. The number of hydrogen-bond donors (Lipinski definition) is 3. The zero-order valence-electron chi connectivity index (χ0n) is 42.2. The van der Waals surface area contributed by atoms with Crippen LogP contribution >= 0.6 is 0 Å². The number of amides is 1. The molecule has 1 aliphatic carbocycles. The van der Waals surface area contributed by atoms with Crippen LogP contribution in [0.2, 0.25) is 0 Å². The Morgan fingerprint density at radius 1 is 0.846 bits per heavy atom. The maximum absolute atomic E-state index is 13.1. The van der Waals surface area contributed by atoms with Gasteiger partial charge in [0.05, 0.1) is 6.10 Å². The summed E-state index contributed by atoms with van der Waals surface area (Å²) in [7, 11) is 4.21. The lowest BCUT2D eigenvalue weighted by Gasteiger charge is -2.34. The minimum absolute atomic E-state index is 0.0266. The van der Waals surface area contributed by atoms with E-state index >= 15 is 0 Å². The highest BCUT2D eigenvalue weighted by atomic mass is 16.3. The molecule has 7 nitrogen and oxygen atoms in total. The number of fused-ring (bicyclic) bond motifs is 4. The molecule has 0 bridgehead atoms. The lowest BCUT2D eigenvalue weighted by atomic mass is 9.72. The van der Waals surface area contributed by atoms with Gasteiger partial charge in [-0.1, -0.05) is 111 Å². The van der Waals surface area contributed by atoms with Crippen LogP contribution in [0.3, 0.4) is 0 Å². The van der Waals surface area contributed by atoms with Gasteiger partial charge in [-0.15, -0.1) is 0 Å². The molecular formula is C58H84N4O3. The summed E-state index contributed by atoms with van der Waals surface area (Å²) < 4.78 is 0. The molecule has 1 saturated heterocycles. The van der Waals surface area contributed by atoms with Crippen LogP contribution in [0.1, 0.15) is 167 Å². The Morgan fingerprint density at radius 3 is 2.20 bits per heavy atom. The van der Waals surface area contributed by atoms with Crippen molar-refractivity contribution in [3.63, 3.8) is 0 Å². The van der Waals surface area contributed by atoms with E-state index in [1.807, 2.05) is 4.90 Å². The number of nitrogens with one attached hydrogen (secondary N) is 1. The van der Waals surface area contributed by atoms with E-state index in [9.17, 15) is 15.0 Å². The molecule has 3 aliphatic rings. The Kier molecular flexibility index (Phi) is 16.3. The first-order valence-electron chi connectivity index (χ1n) is 25.3. The van der Waals surface area contributed by atoms with Crippen LogP contribution in [0.25, 0.3) is 11.1 Å². The van der Waals surface area contributed by atoms with E-state index in [1.54, 1.807) is 0 Å². The topological polar surface area (TPSA) is 79.3 Å². The first-order chi connectivity index (χ1) is 31.0. The Morgan fingerprint density at radius 2 is 1.55 bits per heavy atom. The zero-order valence-corrected chi connectivity index (χ0v) is 42.2. The average molecular weight is 885 g/mol.